The largest absolute Gasteiger partial charge is 0.0856 e. The second kappa shape index (κ2) is 7.84. The van der Waals surface area contributed by atoms with E-state index in [1.54, 1.807) is 0 Å². The Kier molecular flexibility index (Phi) is 7.55. The molecule has 0 spiro atoms. The van der Waals surface area contributed by atoms with Crippen molar-refractivity contribution in [1.82, 2.24) is 0 Å². The molecule has 1 radical (unpaired) electrons. The first kappa shape index (κ1) is 13.5. The summed E-state index contributed by atoms with van der Waals surface area (Å²) in [6, 6.07) is 0. The highest BCUT2D eigenvalue weighted by atomic mass is 14.0. The van der Waals surface area contributed by atoms with Gasteiger partial charge in [-0.05, 0) is 52.4 Å². The monoisotopic (exact) mass is 193 g/mol. The van der Waals surface area contributed by atoms with Gasteiger partial charge in [0.2, 0.25) is 0 Å². The summed E-state index contributed by atoms with van der Waals surface area (Å²) in [6.45, 7) is 12.7. The van der Waals surface area contributed by atoms with Gasteiger partial charge in [-0.3, -0.25) is 0 Å². The Balaban J connectivity index is 3.62. The average Bonchev–Trinajstić information content (AvgIpc) is 2.02. The van der Waals surface area contributed by atoms with Crippen molar-refractivity contribution < 1.29 is 0 Å². The molecule has 0 aliphatic heterocycles. The van der Waals surface area contributed by atoms with E-state index < -0.39 is 0 Å². The minimum Gasteiger partial charge on any atom is -0.0856 e. The van der Waals surface area contributed by atoms with Crippen molar-refractivity contribution >= 4 is 0 Å². The van der Waals surface area contributed by atoms with E-state index >= 15 is 0 Å². The van der Waals surface area contributed by atoms with Crippen molar-refractivity contribution in [3.63, 3.8) is 0 Å². The summed E-state index contributed by atoms with van der Waals surface area (Å²) in [5.41, 5.74) is 2.94. The molecule has 1 atom stereocenters. The summed E-state index contributed by atoms with van der Waals surface area (Å²) < 4.78 is 0. The van der Waals surface area contributed by atoms with E-state index in [0.717, 1.165) is 0 Å². The van der Waals surface area contributed by atoms with Gasteiger partial charge >= 0.3 is 0 Å². The number of hydrogen-bond donors (Lipinski definition) is 0. The molecule has 0 aromatic rings. The van der Waals surface area contributed by atoms with Crippen LogP contribution in [0.2, 0.25) is 0 Å². The van der Waals surface area contributed by atoms with Crippen LogP contribution in [0.15, 0.2) is 23.3 Å². The lowest BCUT2D eigenvalue weighted by Gasteiger charge is -2.02. The molecule has 0 aromatic carbocycles. The zero-order valence-electron chi connectivity index (χ0n) is 10.3. The number of allylic oxidation sites excluding steroid dienone is 4. The molecule has 0 bridgehead atoms. The van der Waals surface area contributed by atoms with Crippen molar-refractivity contribution in [3.8, 4) is 0 Å². The van der Waals surface area contributed by atoms with Crippen molar-refractivity contribution in [3.05, 3.63) is 30.2 Å². The second-order valence-corrected chi connectivity index (χ2v) is 4.55. The van der Waals surface area contributed by atoms with E-state index in [9.17, 15) is 0 Å². The van der Waals surface area contributed by atoms with E-state index in [1.807, 2.05) is 0 Å². The summed E-state index contributed by atoms with van der Waals surface area (Å²) in [7, 11) is 0. The van der Waals surface area contributed by atoms with Gasteiger partial charge < -0.3 is 0 Å². The van der Waals surface area contributed by atoms with Crippen molar-refractivity contribution in [2.45, 2.75) is 53.4 Å². The van der Waals surface area contributed by atoms with Gasteiger partial charge in [-0.15, -0.1) is 0 Å². The molecule has 14 heavy (non-hydrogen) atoms. The van der Waals surface area contributed by atoms with Gasteiger partial charge in [0.25, 0.3) is 0 Å². The molecular weight excluding hydrogens is 168 g/mol. The van der Waals surface area contributed by atoms with Gasteiger partial charge in [0.05, 0.1) is 0 Å². The third-order valence-electron chi connectivity index (χ3n) is 2.24. The Morgan fingerprint density at radius 2 is 1.79 bits per heavy atom. The Labute approximate surface area is 90.1 Å². The maximum absolute atomic E-state index is 3.98. The van der Waals surface area contributed by atoms with Crippen LogP contribution >= 0.6 is 0 Å². The van der Waals surface area contributed by atoms with Gasteiger partial charge in [0.1, 0.15) is 0 Å². The van der Waals surface area contributed by atoms with Crippen molar-refractivity contribution in [2.24, 2.45) is 5.92 Å². The smallest absolute Gasteiger partial charge is 0.0288 e. The molecule has 0 aliphatic rings. The van der Waals surface area contributed by atoms with E-state index in [4.69, 9.17) is 0 Å². The molecule has 0 fully saturated rings. The Bertz CT molecular complexity index is 190. The van der Waals surface area contributed by atoms with E-state index in [0.29, 0.717) is 5.92 Å². The van der Waals surface area contributed by atoms with Gasteiger partial charge in [-0.25, -0.2) is 0 Å². The first-order valence-electron chi connectivity index (χ1n) is 5.64. The fourth-order valence-electron chi connectivity index (χ4n) is 1.30. The van der Waals surface area contributed by atoms with Crippen LogP contribution in [0.3, 0.4) is 0 Å². The minimum atomic E-state index is 0.580. The summed E-state index contributed by atoms with van der Waals surface area (Å²) >= 11 is 0. The van der Waals surface area contributed by atoms with Crippen LogP contribution in [-0.4, -0.2) is 0 Å². The molecular formula is C14H25. The quantitative estimate of drug-likeness (QED) is 0.525. The Hall–Kier alpha value is -0.520. The van der Waals surface area contributed by atoms with Crippen LogP contribution in [0.25, 0.3) is 0 Å². The third-order valence-corrected chi connectivity index (χ3v) is 2.24. The van der Waals surface area contributed by atoms with E-state index in [2.05, 4.69) is 46.8 Å². The highest BCUT2D eigenvalue weighted by molar-refractivity contribution is 5.02. The van der Waals surface area contributed by atoms with Crippen LogP contribution in [0.4, 0.5) is 0 Å². The summed E-state index contributed by atoms with van der Waals surface area (Å²) in [4.78, 5) is 0. The molecule has 0 heterocycles. The van der Waals surface area contributed by atoms with E-state index in [1.165, 1.54) is 36.8 Å². The highest BCUT2D eigenvalue weighted by Crippen LogP contribution is 2.10. The molecule has 0 rings (SSSR count). The molecule has 0 heteroatoms. The Morgan fingerprint density at radius 3 is 2.29 bits per heavy atom. The first-order valence-corrected chi connectivity index (χ1v) is 5.64. The zero-order chi connectivity index (χ0) is 11.0. The lowest BCUT2D eigenvalue weighted by molar-refractivity contribution is 0.651. The van der Waals surface area contributed by atoms with Gasteiger partial charge in [0.15, 0.2) is 0 Å². The standard InChI is InChI=1S/C14H25/c1-12(2)8-6-10-14(5)11-7-9-13(3)4/h9-10,12H,1,6-8,11H2,2-5H3. The summed E-state index contributed by atoms with van der Waals surface area (Å²) in [5, 5.41) is 0. The lowest BCUT2D eigenvalue weighted by atomic mass is 10.0. The van der Waals surface area contributed by atoms with Crippen molar-refractivity contribution in [1.29, 1.82) is 0 Å². The molecule has 81 valence electrons. The molecule has 1 unspecified atom stereocenters. The fraction of sp³-hybridized carbons (Fsp3) is 0.643. The van der Waals surface area contributed by atoms with Crippen LogP contribution < -0.4 is 0 Å². The average molecular weight is 193 g/mol. The third kappa shape index (κ3) is 9.57. The van der Waals surface area contributed by atoms with Crippen molar-refractivity contribution in [2.75, 3.05) is 0 Å². The predicted molar refractivity (Wildman–Crippen MR) is 66.2 cm³/mol. The van der Waals surface area contributed by atoms with E-state index in [-0.39, 0.29) is 0 Å². The molecule has 0 N–H and O–H groups in total. The predicted octanol–water partition coefficient (Wildman–Crippen LogP) is 4.93. The fourth-order valence-corrected chi connectivity index (χ4v) is 1.30. The second-order valence-electron chi connectivity index (χ2n) is 4.55. The molecule has 0 nitrogen and oxygen atoms in total. The van der Waals surface area contributed by atoms with Gasteiger partial charge in [-0.2, -0.15) is 0 Å². The molecule has 0 aromatic heterocycles. The molecule has 0 amide bonds. The lowest BCUT2D eigenvalue weighted by Crippen LogP contribution is -1.85. The maximum atomic E-state index is 3.98. The Morgan fingerprint density at radius 1 is 1.14 bits per heavy atom. The van der Waals surface area contributed by atoms with Crippen LogP contribution in [0.1, 0.15) is 53.4 Å². The van der Waals surface area contributed by atoms with Crippen LogP contribution in [0.5, 0.6) is 0 Å². The number of hydrogen-bond acceptors (Lipinski definition) is 0. The topological polar surface area (TPSA) is 0 Å². The maximum Gasteiger partial charge on any atom is -0.0288 e. The minimum absolute atomic E-state index is 0.580. The highest BCUT2D eigenvalue weighted by Gasteiger charge is 1.92. The molecule has 0 aliphatic carbocycles. The SMILES string of the molecule is [CH2]C(C)CCC=C(C)CCC=C(C)C. The number of rotatable bonds is 6. The van der Waals surface area contributed by atoms with Crippen LogP contribution in [-0.2, 0) is 0 Å². The summed E-state index contributed by atoms with van der Waals surface area (Å²) in [6.07, 6.45) is 9.45. The zero-order valence-corrected chi connectivity index (χ0v) is 10.3. The normalized spacial score (nSPS) is 12.0. The van der Waals surface area contributed by atoms with Gasteiger partial charge in [0, 0.05) is 0 Å². The van der Waals surface area contributed by atoms with Gasteiger partial charge in [-0.1, -0.05) is 37.1 Å². The molecule has 0 saturated heterocycles. The first-order chi connectivity index (χ1) is 6.52. The molecule has 0 saturated carbocycles. The summed E-state index contributed by atoms with van der Waals surface area (Å²) in [5.74, 6) is 0.580. The van der Waals surface area contributed by atoms with Crippen LogP contribution in [0, 0.1) is 12.8 Å².